The number of likely N-dealkylation sites (N-methyl/N-ethyl adjacent to an activating group) is 1. The molecule has 1 aromatic rings. The number of aliphatic imine (C=N–C) groups is 1. The zero-order valence-corrected chi connectivity index (χ0v) is 15.0. The summed E-state index contributed by atoms with van der Waals surface area (Å²) < 4.78 is 5.64. The maximum atomic E-state index is 12.4. The lowest BCUT2D eigenvalue weighted by molar-refractivity contribution is -0.122. The maximum Gasteiger partial charge on any atom is 0.266 e. The van der Waals surface area contributed by atoms with Crippen molar-refractivity contribution in [3.63, 3.8) is 0 Å². The summed E-state index contributed by atoms with van der Waals surface area (Å²) in [6, 6.07) is 3.43. The molecular weight excluding hydrogens is 368 g/mol. The Morgan fingerprint density at radius 2 is 2.18 bits per heavy atom. The highest BCUT2D eigenvalue weighted by Crippen LogP contribution is 2.38. The Kier molecular flexibility index (Phi) is 5.52. The summed E-state index contributed by atoms with van der Waals surface area (Å²) in [5, 5.41) is 10.6. The molecule has 0 aromatic heterocycles. The Balaban J connectivity index is 2.40. The van der Waals surface area contributed by atoms with Crippen molar-refractivity contribution in [3.8, 4) is 11.5 Å². The van der Waals surface area contributed by atoms with E-state index in [9.17, 15) is 9.90 Å². The second-order valence-corrected chi connectivity index (χ2v) is 6.33. The number of amides is 1. The van der Waals surface area contributed by atoms with Crippen LogP contribution in [0.3, 0.4) is 0 Å². The largest absolute Gasteiger partial charge is 0.503 e. The molecule has 2 rings (SSSR count). The minimum atomic E-state index is -0.0529. The van der Waals surface area contributed by atoms with Gasteiger partial charge in [0.05, 0.1) is 16.5 Å². The van der Waals surface area contributed by atoms with E-state index < -0.39 is 0 Å². The van der Waals surface area contributed by atoms with Gasteiger partial charge in [0.25, 0.3) is 5.91 Å². The van der Waals surface area contributed by atoms with Gasteiger partial charge in [0, 0.05) is 13.1 Å². The number of rotatable bonds is 4. The number of amidine groups is 1. The van der Waals surface area contributed by atoms with Gasteiger partial charge in [-0.05, 0) is 65.3 Å². The number of benzene rings is 1. The van der Waals surface area contributed by atoms with E-state index in [1.165, 1.54) is 18.9 Å². The first kappa shape index (κ1) is 16.9. The van der Waals surface area contributed by atoms with E-state index in [2.05, 4.69) is 20.9 Å². The summed E-state index contributed by atoms with van der Waals surface area (Å²) in [7, 11) is 1.48. The van der Waals surface area contributed by atoms with E-state index in [1.54, 1.807) is 23.1 Å². The summed E-state index contributed by atoms with van der Waals surface area (Å²) in [6.07, 6.45) is 1.78. The third-order valence-electron chi connectivity index (χ3n) is 3.07. The van der Waals surface area contributed by atoms with Crippen molar-refractivity contribution in [1.29, 1.82) is 0 Å². The lowest BCUT2D eigenvalue weighted by Gasteiger charge is -2.11. The third-order valence-corrected chi connectivity index (χ3v) is 4.72. The first-order valence-corrected chi connectivity index (χ1v) is 8.45. The first-order chi connectivity index (χ1) is 10.5. The number of nitrogens with zero attached hydrogens (tertiary/aromatic N) is 2. The number of carbonyl (C=O) groups is 1. The fourth-order valence-corrected chi connectivity index (χ4v) is 3.59. The van der Waals surface area contributed by atoms with Crippen molar-refractivity contribution >= 4 is 44.8 Å². The van der Waals surface area contributed by atoms with Crippen molar-refractivity contribution in [3.05, 3.63) is 27.1 Å². The van der Waals surface area contributed by atoms with Crippen LogP contribution in [0.2, 0.25) is 0 Å². The van der Waals surface area contributed by atoms with E-state index in [4.69, 9.17) is 4.74 Å². The standard InChI is InChI=1S/C15H17BrN2O3S/c1-4-17-15-18(5-2)14(20)12(22-15)8-9-6-10(16)13(19)11(7-9)21-3/h6-8,19H,4-5H2,1-3H3/b12-8-,17-15?. The number of carbonyl (C=O) groups excluding carboxylic acids is 1. The molecule has 0 spiro atoms. The molecule has 1 heterocycles. The summed E-state index contributed by atoms with van der Waals surface area (Å²) in [6.45, 7) is 5.09. The molecule has 22 heavy (non-hydrogen) atoms. The first-order valence-electron chi connectivity index (χ1n) is 6.84. The van der Waals surface area contributed by atoms with Crippen molar-refractivity contribution < 1.29 is 14.6 Å². The smallest absolute Gasteiger partial charge is 0.266 e. The van der Waals surface area contributed by atoms with Crippen LogP contribution in [-0.4, -0.2) is 41.3 Å². The molecule has 1 amide bonds. The van der Waals surface area contributed by atoms with Crippen LogP contribution in [0.25, 0.3) is 6.08 Å². The molecule has 0 radical (unpaired) electrons. The van der Waals surface area contributed by atoms with Gasteiger partial charge >= 0.3 is 0 Å². The van der Waals surface area contributed by atoms with E-state index in [1.807, 2.05) is 13.8 Å². The predicted octanol–water partition coefficient (Wildman–Crippen LogP) is 3.48. The predicted molar refractivity (Wildman–Crippen MR) is 93.3 cm³/mol. The second-order valence-electron chi connectivity index (χ2n) is 4.47. The van der Waals surface area contributed by atoms with E-state index >= 15 is 0 Å². The second kappa shape index (κ2) is 7.19. The van der Waals surface area contributed by atoms with Crippen LogP contribution in [0.5, 0.6) is 11.5 Å². The molecule has 0 bridgehead atoms. The van der Waals surface area contributed by atoms with Crippen LogP contribution in [0.15, 0.2) is 26.5 Å². The highest BCUT2D eigenvalue weighted by Gasteiger charge is 2.31. The molecule has 1 N–H and O–H groups in total. The van der Waals surface area contributed by atoms with Crippen LogP contribution in [-0.2, 0) is 4.79 Å². The Hall–Kier alpha value is -1.47. The SMILES string of the molecule is CCN=C1S/C(=C\c2cc(Br)c(O)c(OC)c2)C(=O)N1CC. The average molecular weight is 385 g/mol. The molecule has 0 atom stereocenters. The van der Waals surface area contributed by atoms with Crippen LogP contribution < -0.4 is 4.74 Å². The fraction of sp³-hybridized carbons (Fsp3) is 0.333. The van der Waals surface area contributed by atoms with Crippen LogP contribution in [0, 0.1) is 0 Å². The molecule has 1 aromatic carbocycles. The molecule has 7 heteroatoms. The maximum absolute atomic E-state index is 12.4. The molecule has 0 saturated carbocycles. The van der Waals surface area contributed by atoms with Crippen molar-refractivity contribution in [2.75, 3.05) is 20.2 Å². The molecule has 1 saturated heterocycles. The van der Waals surface area contributed by atoms with Gasteiger partial charge in [0.15, 0.2) is 16.7 Å². The zero-order valence-electron chi connectivity index (χ0n) is 12.6. The van der Waals surface area contributed by atoms with Gasteiger partial charge in [-0.25, -0.2) is 0 Å². The lowest BCUT2D eigenvalue weighted by atomic mass is 10.2. The summed E-state index contributed by atoms with van der Waals surface area (Å²) in [5.74, 6) is 0.341. The molecule has 1 aliphatic heterocycles. The van der Waals surface area contributed by atoms with Crippen molar-refractivity contribution in [2.45, 2.75) is 13.8 Å². The third kappa shape index (κ3) is 3.30. The number of phenolic OH excluding ortho intramolecular Hbond substituents is 1. The number of hydrogen-bond acceptors (Lipinski definition) is 5. The monoisotopic (exact) mass is 384 g/mol. The lowest BCUT2D eigenvalue weighted by Crippen LogP contribution is -2.28. The van der Waals surface area contributed by atoms with Gasteiger partial charge in [0.1, 0.15) is 0 Å². The Morgan fingerprint density at radius 3 is 2.77 bits per heavy atom. The van der Waals surface area contributed by atoms with Gasteiger partial charge in [-0.15, -0.1) is 0 Å². The Morgan fingerprint density at radius 1 is 1.45 bits per heavy atom. The van der Waals surface area contributed by atoms with Crippen LogP contribution in [0.4, 0.5) is 0 Å². The summed E-state index contributed by atoms with van der Waals surface area (Å²) in [4.78, 5) is 19.0. The van der Waals surface area contributed by atoms with Gasteiger partial charge in [-0.3, -0.25) is 14.7 Å². The summed E-state index contributed by atoms with van der Waals surface area (Å²) >= 11 is 4.64. The van der Waals surface area contributed by atoms with Gasteiger partial charge < -0.3 is 9.84 Å². The fourth-order valence-electron chi connectivity index (χ4n) is 2.02. The molecule has 118 valence electrons. The molecule has 0 unspecified atom stereocenters. The molecular formula is C15H17BrN2O3S. The van der Waals surface area contributed by atoms with Crippen LogP contribution in [0.1, 0.15) is 19.4 Å². The quantitative estimate of drug-likeness (QED) is 0.807. The topological polar surface area (TPSA) is 62.1 Å². The van der Waals surface area contributed by atoms with Gasteiger partial charge in [0.2, 0.25) is 0 Å². The van der Waals surface area contributed by atoms with E-state index in [0.717, 1.165) is 10.7 Å². The molecule has 0 aliphatic carbocycles. The number of ether oxygens (including phenoxy) is 1. The Labute approximate surface area is 142 Å². The Bertz CT molecular complexity index is 658. The minimum Gasteiger partial charge on any atom is -0.503 e. The number of aromatic hydroxyl groups is 1. The molecule has 5 nitrogen and oxygen atoms in total. The normalized spacial score (nSPS) is 18.5. The zero-order chi connectivity index (χ0) is 16.3. The van der Waals surface area contributed by atoms with Gasteiger partial charge in [-0.2, -0.15) is 0 Å². The van der Waals surface area contributed by atoms with Crippen molar-refractivity contribution in [2.24, 2.45) is 4.99 Å². The molecule has 1 aliphatic rings. The minimum absolute atomic E-state index is 0.0403. The average Bonchev–Trinajstić information content (AvgIpc) is 2.78. The number of methoxy groups -OCH3 is 1. The van der Waals surface area contributed by atoms with Crippen LogP contribution >= 0.6 is 27.7 Å². The number of halogens is 1. The van der Waals surface area contributed by atoms with E-state index in [0.29, 0.717) is 28.2 Å². The molecule has 1 fully saturated rings. The number of thioether (sulfide) groups is 1. The highest BCUT2D eigenvalue weighted by atomic mass is 79.9. The summed E-state index contributed by atoms with van der Waals surface area (Å²) in [5.41, 5.74) is 0.770. The number of phenols is 1. The van der Waals surface area contributed by atoms with E-state index in [-0.39, 0.29) is 11.7 Å². The highest BCUT2D eigenvalue weighted by molar-refractivity contribution is 9.10. The van der Waals surface area contributed by atoms with Gasteiger partial charge in [-0.1, -0.05) is 0 Å². The van der Waals surface area contributed by atoms with Crippen molar-refractivity contribution in [1.82, 2.24) is 4.90 Å². The number of hydrogen-bond donors (Lipinski definition) is 1.